The van der Waals surface area contributed by atoms with Crippen molar-refractivity contribution in [2.45, 2.75) is 6.92 Å². The summed E-state index contributed by atoms with van der Waals surface area (Å²) in [5.41, 5.74) is 3.47. The fourth-order valence-corrected chi connectivity index (χ4v) is 3.01. The molecule has 108 valence electrons. The van der Waals surface area contributed by atoms with E-state index in [9.17, 15) is 4.79 Å². The summed E-state index contributed by atoms with van der Waals surface area (Å²) >= 11 is 1.52. The number of thiazole rings is 1. The standard InChI is InChI=1S/C15H10N4O2S/c1-9-8-22-14(18-9)11-6-12-13(7-17-11)21-15(20)19(12)10-2-4-16-5-3-10/h2-8H,1H3. The van der Waals surface area contributed by atoms with Gasteiger partial charge in [0, 0.05) is 23.5 Å². The van der Waals surface area contributed by atoms with Crippen LogP contribution in [0.1, 0.15) is 5.69 Å². The number of oxazole rings is 1. The second-order valence-corrected chi connectivity index (χ2v) is 5.60. The van der Waals surface area contributed by atoms with Crippen molar-refractivity contribution in [3.63, 3.8) is 0 Å². The summed E-state index contributed by atoms with van der Waals surface area (Å²) in [7, 11) is 0. The Hall–Kier alpha value is -2.80. The van der Waals surface area contributed by atoms with Crippen LogP contribution in [0.2, 0.25) is 0 Å². The number of fused-ring (bicyclic) bond motifs is 1. The lowest BCUT2D eigenvalue weighted by Gasteiger charge is -2.01. The Morgan fingerprint density at radius 3 is 2.82 bits per heavy atom. The minimum Gasteiger partial charge on any atom is -0.406 e. The highest BCUT2D eigenvalue weighted by Gasteiger charge is 2.14. The van der Waals surface area contributed by atoms with Gasteiger partial charge in [0.1, 0.15) is 10.7 Å². The van der Waals surface area contributed by atoms with E-state index >= 15 is 0 Å². The molecular weight excluding hydrogens is 300 g/mol. The SMILES string of the molecule is Cc1csc(-c2cc3c(cn2)oc(=O)n3-c2ccncc2)n1. The molecule has 22 heavy (non-hydrogen) atoms. The Bertz CT molecular complexity index is 1020. The maximum Gasteiger partial charge on any atom is 0.424 e. The summed E-state index contributed by atoms with van der Waals surface area (Å²) < 4.78 is 6.76. The van der Waals surface area contributed by atoms with Crippen LogP contribution in [0.4, 0.5) is 0 Å². The third-order valence-corrected chi connectivity index (χ3v) is 4.21. The molecule has 0 atom stereocenters. The highest BCUT2D eigenvalue weighted by molar-refractivity contribution is 7.13. The van der Waals surface area contributed by atoms with Gasteiger partial charge in [-0.1, -0.05) is 0 Å². The normalized spacial score (nSPS) is 11.1. The van der Waals surface area contributed by atoms with Gasteiger partial charge in [0.2, 0.25) is 0 Å². The molecule has 0 aliphatic rings. The summed E-state index contributed by atoms with van der Waals surface area (Å²) in [6.07, 6.45) is 4.82. The van der Waals surface area contributed by atoms with E-state index in [2.05, 4.69) is 15.0 Å². The average Bonchev–Trinajstić information content (AvgIpc) is 3.10. The van der Waals surface area contributed by atoms with Crippen LogP contribution in [0, 0.1) is 6.92 Å². The summed E-state index contributed by atoms with van der Waals surface area (Å²) in [6, 6.07) is 5.33. The molecule has 0 amide bonds. The molecule has 0 spiro atoms. The van der Waals surface area contributed by atoms with E-state index in [1.165, 1.54) is 15.9 Å². The van der Waals surface area contributed by atoms with Crippen LogP contribution in [0.25, 0.3) is 27.5 Å². The second-order valence-electron chi connectivity index (χ2n) is 4.74. The van der Waals surface area contributed by atoms with Crippen LogP contribution in [-0.2, 0) is 0 Å². The molecular formula is C15H10N4O2S. The lowest BCUT2D eigenvalue weighted by atomic mass is 10.3. The van der Waals surface area contributed by atoms with E-state index in [1.54, 1.807) is 30.7 Å². The fraction of sp³-hybridized carbons (Fsp3) is 0.0667. The maximum atomic E-state index is 12.1. The number of hydrogen-bond acceptors (Lipinski definition) is 6. The fourth-order valence-electron chi connectivity index (χ4n) is 2.25. The van der Waals surface area contributed by atoms with Crippen molar-refractivity contribution in [3.05, 3.63) is 58.4 Å². The number of pyridine rings is 2. The largest absolute Gasteiger partial charge is 0.424 e. The smallest absolute Gasteiger partial charge is 0.406 e. The molecule has 0 aromatic carbocycles. The Morgan fingerprint density at radius 2 is 2.09 bits per heavy atom. The highest BCUT2D eigenvalue weighted by Crippen LogP contribution is 2.25. The van der Waals surface area contributed by atoms with E-state index in [0.29, 0.717) is 22.5 Å². The van der Waals surface area contributed by atoms with Crippen molar-refractivity contribution in [2.24, 2.45) is 0 Å². The van der Waals surface area contributed by atoms with Crippen molar-refractivity contribution < 1.29 is 4.42 Å². The van der Waals surface area contributed by atoms with E-state index in [0.717, 1.165) is 10.7 Å². The molecule has 0 aliphatic carbocycles. The Labute approximate surface area is 128 Å². The van der Waals surface area contributed by atoms with E-state index in [-0.39, 0.29) is 0 Å². The summed E-state index contributed by atoms with van der Waals surface area (Å²) in [5, 5.41) is 2.78. The van der Waals surface area contributed by atoms with Crippen LogP contribution in [0.5, 0.6) is 0 Å². The summed E-state index contributed by atoms with van der Waals surface area (Å²) in [6.45, 7) is 1.93. The van der Waals surface area contributed by atoms with Gasteiger partial charge in [-0.15, -0.1) is 11.3 Å². The highest BCUT2D eigenvalue weighted by atomic mass is 32.1. The van der Waals surface area contributed by atoms with Gasteiger partial charge in [-0.25, -0.2) is 19.3 Å². The van der Waals surface area contributed by atoms with Gasteiger partial charge in [-0.2, -0.15) is 0 Å². The molecule has 0 saturated carbocycles. The summed E-state index contributed by atoms with van der Waals surface area (Å²) in [4.78, 5) is 24.8. The first kappa shape index (κ1) is 12.9. The zero-order chi connectivity index (χ0) is 15.1. The van der Waals surface area contributed by atoms with Crippen LogP contribution in [0.15, 0.2) is 51.4 Å². The molecule has 4 heterocycles. The molecule has 0 unspecified atom stereocenters. The quantitative estimate of drug-likeness (QED) is 0.569. The molecule has 0 bridgehead atoms. The van der Waals surface area contributed by atoms with Crippen LogP contribution in [0.3, 0.4) is 0 Å². The molecule has 0 saturated heterocycles. The monoisotopic (exact) mass is 310 g/mol. The number of aromatic nitrogens is 4. The molecule has 4 rings (SSSR count). The van der Waals surface area contributed by atoms with Crippen molar-refractivity contribution in [3.8, 4) is 16.4 Å². The van der Waals surface area contributed by atoms with Crippen LogP contribution >= 0.6 is 11.3 Å². The molecule has 6 nitrogen and oxygen atoms in total. The van der Waals surface area contributed by atoms with Gasteiger partial charge in [0.15, 0.2) is 5.58 Å². The molecule has 0 radical (unpaired) electrons. The zero-order valence-corrected chi connectivity index (χ0v) is 12.4. The molecule has 7 heteroatoms. The topological polar surface area (TPSA) is 73.8 Å². The predicted octanol–water partition coefficient (Wildman–Crippen LogP) is 2.81. The third kappa shape index (κ3) is 2.03. The molecule has 0 fully saturated rings. The first-order valence-corrected chi connectivity index (χ1v) is 7.45. The number of hydrogen-bond donors (Lipinski definition) is 0. The van der Waals surface area contributed by atoms with E-state index < -0.39 is 5.76 Å². The Morgan fingerprint density at radius 1 is 1.27 bits per heavy atom. The molecule has 4 aromatic rings. The number of nitrogens with zero attached hydrogens (tertiary/aromatic N) is 4. The molecule has 4 aromatic heterocycles. The lowest BCUT2D eigenvalue weighted by Crippen LogP contribution is -2.11. The van der Waals surface area contributed by atoms with Gasteiger partial charge in [0.25, 0.3) is 0 Å². The van der Waals surface area contributed by atoms with Gasteiger partial charge in [-0.3, -0.25) is 4.98 Å². The predicted molar refractivity (Wildman–Crippen MR) is 83.2 cm³/mol. The first-order valence-electron chi connectivity index (χ1n) is 6.57. The Kier molecular flexibility index (Phi) is 2.87. The van der Waals surface area contributed by atoms with Crippen molar-refractivity contribution in [2.75, 3.05) is 0 Å². The average molecular weight is 310 g/mol. The van der Waals surface area contributed by atoms with E-state index in [1.807, 2.05) is 18.4 Å². The van der Waals surface area contributed by atoms with Gasteiger partial charge < -0.3 is 4.42 Å². The Balaban J connectivity index is 1.97. The summed E-state index contributed by atoms with van der Waals surface area (Å²) in [5.74, 6) is -0.449. The van der Waals surface area contributed by atoms with Crippen molar-refractivity contribution >= 4 is 22.4 Å². The zero-order valence-electron chi connectivity index (χ0n) is 11.6. The van der Waals surface area contributed by atoms with Crippen molar-refractivity contribution in [1.82, 2.24) is 19.5 Å². The van der Waals surface area contributed by atoms with Crippen molar-refractivity contribution in [1.29, 1.82) is 0 Å². The molecule has 0 aliphatic heterocycles. The minimum absolute atomic E-state index is 0.443. The van der Waals surface area contributed by atoms with Gasteiger partial charge in [0.05, 0.1) is 17.4 Å². The first-order chi connectivity index (χ1) is 10.7. The van der Waals surface area contributed by atoms with Gasteiger partial charge in [-0.05, 0) is 25.1 Å². The second kappa shape index (κ2) is 4.88. The third-order valence-electron chi connectivity index (χ3n) is 3.23. The number of aryl methyl sites for hydroxylation is 1. The van der Waals surface area contributed by atoms with E-state index in [4.69, 9.17) is 4.42 Å². The lowest BCUT2D eigenvalue weighted by molar-refractivity contribution is 0.539. The molecule has 0 N–H and O–H groups in total. The number of rotatable bonds is 2. The maximum absolute atomic E-state index is 12.1. The van der Waals surface area contributed by atoms with Crippen LogP contribution < -0.4 is 5.76 Å². The minimum atomic E-state index is -0.449. The van der Waals surface area contributed by atoms with Crippen LogP contribution in [-0.4, -0.2) is 19.5 Å². The van der Waals surface area contributed by atoms with Gasteiger partial charge >= 0.3 is 5.76 Å².